The highest BCUT2D eigenvalue weighted by Gasteiger charge is 2.28. The highest BCUT2D eigenvalue weighted by molar-refractivity contribution is 9.10. The van der Waals surface area contributed by atoms with Gasteiger partial charge in [0.1, 0.15) is 18.1 Å². The van der Waals surface area contributed by atoms with E-state index in [-0.39, 0.29) is 12.5 Å². The molecule has 0 N–H and O–H groups in total. The molecule has 1 saturated heterocycles. The number of carbonyl (C=O) groups excluding carboxylic acids is 1. The predicted molar refractivity (Wildman–Crippen MR) is 127 cm³/mol. The molecule has 7 heteroatoms. The van der Waals surface area contributed by atoms with Gasteiger partial charge in [0.15, 0.2) is 5.69 Å². The highest BCUT2D eigenvalue weighted by atomic mass is 79.9. The number of amides is 1. The SMILES string of the molecule is Cc1ccc(C)c(OCc2c(C(=O)N3CCN(Cc4cccc(Br)c4)CC3)noc2C)c1. The lowest BCUT2D eigenvalue weighted by Gasteiger charge is -2.34. The van der Waals surface area contributed by atoms with Crippen molar-refractivity contribution in [3.8, 4) is 5.75 Å². The Morgan fingerprint density at radius 2 is 1.88 bits per heavy atom. The van der Waals surface area contributed by atoms with Crippen molar-refractivity contribution in [2.45, 2.75) is 33.9 Å². The monoisotopic (exact) mass is 497 g/mol. The summed E-state index contributed by atoms with van der Waals surface area (Å²) >= 11 is 3.53. The maximum absolute atomic E-state index is 13.2. The summed E-state index contributed by atoms with van der Waals surface area (Å²) in [6.07, 6.45) is 0. The molecule has 1 aromatic heterocycles. The summed E-state index contributed by atoms with van der Waals surface area (Å²) in [5.41, 5.74) is 4.52. The number of hydrogen-bond acceptors (Lipinski definition) is 5. The second-order valence-corrected chi connectivity index (χ2v) is 9.24. The average Bonchev–Trinajstić information content (AvgIpc) is 3.15. The molecule has 0 saturated carbocycles. The van der Waals surface area contributed by atoms with Crippen LogP contribution in [0.5, 0.6) is 5.75 Å². The summed E-state index contributed by atoms with van der Waals surface area (Å²) in [6, 6.07) is 14.4. The van der Waals surface area contributed by atoms with E-state index in [1.165, 1.54) is 5.56 Å². The van der Waals surface area contributed by atoms with Crippen LogP contribution in [-0.4, -0.2) is 47.0 Å². The van der Waals surface area contributed by atoms with Crippen LogP contribution in [0.3, 0.4) is 0 Å². The summed E-state index contributed by atoms with van der Waals surface area (Å²) in [7, 11) is 0. The molecule has 4 rings (SSSR count). The third-order valence-electron chi connectivity index (χ3n) is 5.86. The van der Waals surface area contributed by atoms with Gasteiger partial charge in [-0.15, -0.1) is 0 Å². The van der Waals surface area contributed by atoms with E-state index in [0.717, 1.165) is 41.0 Å². The first-order chi connectivity index (χ1) is 15.4. The minimum absolute atomic E-state index is 0.0940. The Labute approximate surface area is 197 Å². The van der Waals surface area contributed by atoms with Crippen LogP contribution in [0.4, 0.5) is 0 Å². The summed E-state index contributed by atoms with van der Waals surface area (Å²) < 4.78 is 12.5. The van der Waals surface area contributed by atoms with Crippen molar-refractivity contribution < 1.29 is 14.1 Å². The number of aryl methyl sites for hydroxylation is 3. The maximum Gasteiger partial charge on any atom is 0.276 e. The van der Waals surface area contributed by atoms with Crippen molar-refractivity contribution >= 4 is 21.8 Å². The third kappa shape index (κ3) is 5.22. The molecule has 168 valence electrons. The molecular weight excluding hydrogens is 470 g/mol. The fraction of sp³-hybridized carbons (Fsp3) is 0.360. The number of piperazine rings is 1. The molecule has 1 aliphatic rings. The molecule has 0 aliphatic carbocycles. The third-order valence-corrected chi connectivity index (χ3v) is 6.35. The number of aromatic nitrogens is 1. The number of carbonyl (C=O) groups is 1. The average molecular weight is 498 g/mol. The highest BCUT2D eigenvalue weighted by Crippen LogP contribution is 2.23. The van der Waals surface area contributed by atoms with E-state index in [0.29, 0.717) is 30.1 Å². The number of hydrogen-bond donors (Lipinski definition) is 0. The van der Waals surface area contributed by atoms with Gasteiger partial charge >= 0.3 is 0 Å². The Morgan fingerprint density at radius 1 is 1.09 bits per heavy atom. The van der Waals surface area contributed by atoms with Gasteiger partial charge in [0.05, 0.1) is 5.56 Å². The van der Waals surface area contributed by atoms with Crippen LogP contribution in [-0.2, 0) is 13.2 Å². The topological polar surface area (TPSA) is 58.8 Å². The van der Waals surface area contributed by atoms with Crippen molar-refractivity contribution in [2.75, 3.05) is 26.2 Å². The van der Waals surface area contributed by atoms with Gasteiger partial charge in [0.2, 0.25) is 0 Å². The lowest BCUT2D eigenvalue weighted by atomic mass is 10.1. The van der Waals surface area contributed by atoms with Crippen molar-refractivity contribution in [3.05, 3.63) is 80.6 Å². The molecule has 0 unspecified atom stereocenters. The van der Waals surface area contributed by atoms with Crippen LogP contribution in [0.25, 0.3) is 0 Å². The van der Waals surface area contributed by atoms with Crippen LogP contribution >= 0.6 is 15.9 Å². The number of rotatable bonds is 6. The fourth-order valence-corrected chi connectivity index (χ4v) is 4.34. The van der Waals surface area contributed by atoms with Gasteiger partial charge in [0, 0.05) is 37.2 Å². The second-order valence-electron chi connectivity index (χ2n) is 8.32. The van der Waals surface area contributed by atoms with E-state index in [1.54, 1.807) is 0 Å². The molecule has 0 atom stereocenters. The first-order valence-corrected chi connectivity index (χ1v) is 11.6. The van der Waals surface area contributed by atoms with Gasteiger partial charge in [-0.05, 0) is 55.7 Å². The molecule has 3 aromatic rings. The Hall–Kier alpha value is -2.64. The van der Waals surface area contributed by atoms with Crippen molar-refractivity contribution in [2.24, 2.45) is 0 Å². The Morgan fingerprint density at radius 3 is 2.62 bits per heavy atom. The molecule has 2 heterocycles. The second kappa shape index (κ2) is 9.88. The zero-order valence-corrected chi connectivity index (χ0v) is 20.3. The normalized spacial score (nSPS) is 14.6. The standard InChI is InChI=1S/C25H28BrN3O3/c1-17-7-8-18(2)23(13-17)31-16-22-19(3)32-27-24(22)25(30)29-11-9-28(10-12-29)15-20-5-4-6-21(26)14-20/h4-8,13-14H,9-12,15-16H2,1-3H3. The summed E-state index contributed by atoms with van der Waals surface area (Å²) in [6.45, 7) is 9.96. The summed E-state index contributed by atoms with van der Waals surface area (Å²) in [5, 5.41) is 4.07. The Balaban J connectivity index is 1.38. The summed E-state index contributed by atoms with van der Waals surface area (Å²) in [5.74, 6) is 1.33. The molecule has 2 aromatic carbocycles. The zero-order valence-electron chi connectivity index (χ0n) is 18.7. The van der Waals surface area contributed by atoms with E-state index >= 15 is 0 Å². The van der Waals surface area contributed by atoms with E-state index in [2.05, 4.69) is 44.2 Å². The van der Waals surface area contributed by atoms with Gasteiger partial charge < -0.3 is 14.2 Å². The van der Waals surface area contributed by atoms with E-state index in [4.69, 9.17) is 9.26 Å². The lowest BCUT2D eigenvalue weighted by molar-refractivity contribution is 0.0616. The summed E-state index contributed by atoms with van der Waals surface area (Å²) in [4.78, 5) is 17.4. The smallest absolute Gasteiger partial charge is 0.276 e. The molecule has 1 aliphatic heterocycles. The predicted octanol–water partition coefficient (Wildman–Crippen LogP) is 4.90. The first kappa shape index (κ1) is 22.6. The largest absolute Gasteiger partial charge is 0.488 e. The van der Waals surface area contributed by atoms with Gasteiger partial charge in [-0.2, -0.15) is 0 Å². The van der Waals surface area contributed by atoms with Gasteiger partial charge in [-0.3, -0.25) is 9.69 Å². The number of nitrogens with zero attached hydrogens (tertiary/aromatic N) is 3. The van der Waals surface area contributed by atoms with Crippen LogP contribution in [0, 0.1) is 20.8 Å². The maximum atomic E-state index is 13.2. The molecule has 0 bridgehead atoms. The van der Waals surface area contributed by atoms with Crippen molar-refractivity contribution in [1.29, 1.82) is 0 Å². The molecule has 32 heavy (non-hydrogen) atoms. The molecule has 0 radical (unpaired) electrons. The zero-order chi connectivity index (χ0) is 22.7. The van der Waals surface area contributed by atoms with Crippen LogP contribution in [0.2, 0.25) is 0 Å². The van der Waals surface area contributed by atoms with Crippen molar-refractivity contribution in [3.63, 3.8) is 0 Å². The van der Waals surface area contributed by atoms with Gasteiger partial charge in [0.25, 0.3) is 5.91 Å². The number of halogens is 1. The number of ether oxygens (including phenoxy) is 1. The lowest BCUT2D eigenvalue weighted by Crippen LogP contribution is -2.48. The van der Waals surface area contributed by atoms with Crippen LogP contribution in [0.15, 0.2) is 51.5 Å². The minimum Gasteiger partial charge on any atom is -0.488 e. The quantitative estimate of drug-likeness (QED) is 0.484. The van der Waals surface area contributed by atoms with Crippen LogP contribution < -0.4 is 4.74 Å². The van der Waals surface area contributed by atoms with Crippen molar-refractivity contribution in [1.82, 2.24) is 15.0 Å². The molecule has 0 spiro atoms. The van der Waals surface area contributed by atoms with Crippen LogP contribution in [0.1, 0.15) is 38.5 Å². The van der Waals surface area contributed by atoms with Gasteiger partial charge in [-0.1, -0.05) is 45.4 Å². The van der Waals surface area contributed by atoms with E-state index < -0.39 is 0 Å². The Kier molecular flexibility index (Phi) is 6.96. The fourth-order valence-electron chi connectivity index (χ4n) is 3.89. The molecular formula is C25H28BrN3O3. The molecule has 1 fully saturated rings. The minimum atomic E-state index is -0.0940. The molecule has 6 nitrogen and oxygen atoms in total. The Bertz CT molecular complexity index is 1100. The van der Waals surface area contributed by atoms with Gasteiger partial charge in [-0.25, -0.2) is 0 Å². The first-order valence-electron chi connectivity index (χ1n) is 10.8. The van der Waals surface area contributed by atoms with E-state index in [9.17, 15) is 4.79 Å². The number of benzene rings is 2. The van der Waals surface area contributed by atoms with E-state index in [1.807, 2.05) is 49.9 Å². The molecule has 1 amide bonds.